The Morgan fingerprint density at radius 1 is 1.33 bits per heavy atom. The van der Waals surface area contributed by atoms with Gasteiger partial charge in [0.05, 0.1) is 10.0 Å². The van der Waals surface area contributed by atoms with Crippen molar-refractivity contribution in [1.29, 1.82) is 0 Å². The summed E-state index contributed by atoms with van der Waals surface area (Å²) in [6, 6.07) is 6.83. The van der Waals surface area contributed by atoms with Gasteiger partial charge in [0.15, 0.2) is 0 Å². The fourth-order valence-corrected chi connectivity index (χ4v) is 2.32. The lowest BCUT2D eigenvalue weighted by atomic mass is 10.2. The van der Waals surface area contributed by atoms with Gasteiger partial charge in [0.1, 0.15) is 0 Å². The number of benzene rings is 1. The third-order valence-electron chi connectivity index (χ3n) is 2.94. The van der Waals surface area contributed by atoms with Crippen LogP contribution in [-0.4, -0.2) is 19.6 Å². The highest BCUT2D eigenvalue weighted by Crippen LogP contribution is 2.25. The summed E-state index contributed by atoms with van der Waals surface area (Å²) < 4.78 is 1.27. The van der Waals surface area contributed by atoms with E-state index in [2.05, 4.69) is 20.4 Å². The Morgan fingerprint density at radius 3 is 2.95 bits per heavy atom. The molecule has 108 valence electrons. The fraction of sp³-hybridized carbons (Fsp3) is 0.154. The largest absolute Gasteiger partial charge is 0.350 e. The summed E-state index contributed by atoms with van der Waals surface area (Å²) in [6.45, 7) is 2.17. The highest BCUT2D eigenvalue weighted by atomic mass is 35.5. The normalized spacial score (nSPS) is 11.0. The van der Waals surface area contributed by atoms with E-state index in [4.69, 9.17) is 23.2 Å². The molecule has 0 aliphatic carbocycles. The Morgan fingerprint density at radius 2 is 2.14 bits per heavy atom. The Hall–Kier alpha value is -2.05. The van der Waals surface area contributed by atoms with Gasteiger partial charge in [0.25, 0.3) is 11.3 Å². The van der Waals surface area contributed by atoms with Crippen molar-refractivity contribution in [2.45, 2.75) is 13.5 Å². The average molecular weight is 324 g/mol. The number of nitrogens with zero attached hydrogens (tertiary/aromatic N) is 3. The number of aryl methyl sites for hydroxylation is 1. The maximum absolute atomic E-state index is 11.8. The van der Waals surface area contributed by atoms with Crippen LogP contribution in [0.1, 0.15) is 11.3 Å². The SMILES string of the molecule is Cc1cc(=O)n2[nH]c(NCc3cccc(Cl)c3Cl)nc2n1. The lowest BCUT2D eigenvalue weighted by Gasteiger charge is -2.06. The van der Waals surface area contributed by atoms with Crippen LogP contribution in [-0.2, 0) is 6.54 Å². The Balaban J connectivity index is 1.87. The standard InChI is InChI=1S/C13H11Cl2N5O/c1-7-5-10(21)20-13(17-7)18-12(19-20)16-6-8-3-2-4-9(14)11(8)15/h2-5H,6H2,1H3,(H2,16,17,18,19). The minimum atomic E-state index is -0.209. The quantitative estimate of drug-likeness (QED) is 0.777. The molecule has 0 aliphatic heterocycles. The van der Waals surface area contributed by atoms with Crippen LogP contribution in [0.15, 0.2) is 29.1 Å². The number of H-pyrrole nitrogens is 1. The van der Waals surface area contributed by atoms with E-state index >= 15 is 0 Å². The predicted octanol–water partition coefficient (Wildman–Crippen LogP) is 2.64. The van der Waals surface area contributed by atoms with E-state index in [-0.39, 0.29) is 5.56 Å². The molecular weight excluding hydrogens is 313 g/mol. The minimum Gasteiger partial charge on any atom is -0.350 e. The van der Waals surface area contributed by atoms with Gasteiger partial charge in [-0.2, -0.15) is 9.50 Å². The monoisotopic (exact) mass is 323 g/mol. The zero-order chi connectivity index (χ0) is 15.0. The molecule has 21 heavy (non-hydrogen) atoms. The highest BCUT2D eigenvalue weighted by molar-refractivity contribution is 6.42. The molecule has 0 amide bonds. The first kappa shape index (κ1) is 13.9. The van der Waals surface area contributed by atoms with Gasteiger partial charge in [-0.3, -0.25) is 9.89 Å². The van der Waals surface area contributed by atoms with Crippen LogP contribution in [0.25, 0.3) is 5.78 Å². The first-order valence-electron chi connectivity index (χ1n) is 6.18. The van der Waals surface area contributed by atoms with E-state index in [9.17, 15) is 4.79 Å². The van der Waals surface area contributed by atoms with E-state index in [0.717, 1.165) is 5.56 Å². The number of hydrogen-bond acceptors (Lipinski definition) is 4. The van der Waals surface area contributed by atoms with Crippen LogP contribution >= 0.6 is 23.2 Å². The number of anilines is 1. The second-order valence-electron chi connectivity index (χ2n) is 4.51. The second kappa shape index (κ2) is 5.38. The van der Waals surface area contributed by atoms with Gasteiger partial charge >= 0.3 is 0 Å². The number of halogens is 2. The summed E-state index contributed by atoms with van der Waals surface area (Å²) >= 11 is 12.1. The minimum absolute atomic E-state index is 0.209. The van der Waals surface area contributed by atoms with Gasteiger partial charge in [-0.1, -0.05) is 35.3 Å². The van der Waals surface area contributed by atoms with Gasteiger partial charge in [0, 0.05) is 18.3 Å². The maximum Gasteiger partial charge on any atom is 0.274 e. The zero-order valence-corrected chi connectivity index (χ0v) is 12.5. The first-order valence-corrected chi connectivity index (χ1v) is 6.93. The molecule has 0 aliphatic rings. The van der Waals surface area contributed by atoms with Gasteiger partial charge in [-0.25, -0.2) is 4.98 Å². The van der Waals surface area contributed by atoms with E-state index in [1.54, 1.807) is 13.0 Å². The van der Waals surface area contributed by atoms with Crippen LogP contribution in [0, 0.1) is 6.92 Å². The molecule has 3 aromatic rings. The molecule has 2 N–H and O–H groups in total. The second-order valence-corrected chi connectivity index (χ2v) is 5.30. The molecule has 8 heteroatoms. The summed E-state index contributed by atoms with van der Waals surface area (Å²) in [5.74, 6) is 0.751. The van der Waals surface area contributed by atoms with Crippen molar-refractivity contribution in [3.05, 3.63) is 55.9 Å². The molecule has 2 aromatic heterocycles. The summed E-state index contributed by atoms with van der Waals surface area (Å²) in [4.78, 5) is 20.2. The molecular formula is C13H11Cl2N5O. The third kappa shape index (κ3) is 2.72. The number of fused-ring (bicyclic) bond motifs is 1. The number of aromatic nitrogens is 4. The lowest BCUT2D eigenvalue weighted by molar-refractivity contribution is 0.886. The molecule has 6 nitrogen and oxygen atoms in total. The van der Waals surface area contributed by atoms with Crippen LogP contribution in [0.4, 0.5) is 5.95 Å². The number of hydrogen-bond donors (Lipinski definition) is 2. The van der Waals surface area contributed by atoms with Crippen molar-refractivity contribution in [2.24, 2.45) is 0 Å². The Labute approximate surface area is 129 Å². The molecule has 0 spiro atoms. The molecule has 2 heterocycles. The molecule has 0 saturated carbocycles. The Bertz CT molecular complexity index is 871. The summed E-state index contributed by atoms with van der Waals surface area (Å²) in [7, 11) is 0. The number of aromatic amines is 1. The van der Waals surface area contributed by atoms with Crippen LogP contribution in [0.2, 0.25) is 10.0 Å². The van der Waals surface area contributed by atoms with Crippen LogP contribution in [0.5, 0.6) is 0 Å². The van der Waals surface area contributed by atoms with Gasteiger partial charge in [0.2, 0.25) is 5.95 Å². The van der Waals surface area contributed by atoms with Crippen molar-refractivity contribution in [3.8, 4) is 0 Å². The molecule has 0 fully saturated rings. The predicted molar refractivity (Wildman–Crippen MR) is 82.1 cm³/mol. The summed E-state index contributed by atoms with van der Waals surface area (Å²) in [5.41, 5.74) is 1.25. The van der Waals surface area contributed by atoms with Gasteiger partial charge in [-0.05, 0) is 18.6 Å². The van der Waals surface area contributed by atoms with Gasteiger partial charge < -0.3 is 5.32 Å². The molecule has 0 radical (unpaired) electrons. The van der Waals surface area contributed by atoms with Crippen molar-refractivity contribution in [3.63, 3.8) is 0 Å². The lowest BCUT2D eigenvalue weighted by Crippen LogP contribution is -2.14. The topological polar surface area (TPSA) is 75.1 Å². The molecule has 0 unspecified atom stereocenters. The Kier molecular flexibility index (Phi) is 3.57. The zero-order valence-electron chi connectivity index (χ0n) is 11.0. The van der Waals surface area contributed by atoms with E-state index < -0.39 is 0 Å². The average Bonchev–Trinajstić information content (AvgIpc) is 2.83. The molecule has 0 bridgehead atoms. The summed E-state index contributed by atoms with van der Waals surface area (Å²) in [6.07, 6.45) is 0. The van der Waals surface area contributed by atoms with Crippen molar-refractivity contribution >= 4 is 34.9 Å². The van der Waals surface area contributed by atoms with Crippen LogP contribution < -0.4 is 10.9 Å². The van der Waals surface area contributed by atoms with Crippen molar-refractivity contribution in [1.82, 2.24) is 19.6 Å². The smallest absolute Gasteiger partial charge is 0.274 e. The third-order valence-corrected chi connectivity index (χ3v) is 3.79. The summed E-state index contributed by atoms with van der Waals surface area (Å²) in [5, 5.41) is 6.88. The fourth-order valence-electron chi connectivity index (χ4n) is 1.94. The number of rotatable bonds is 3. The molecule has 0 saturated heterocycles. The van der Waals surface area contributed by atoms with Crippen LogP contribution in [0.3, 0.4) is 0 Å². The first-order chi connectivity index (χ1) is 10.0. The number of nitrogens with one attached hydrogen (secondary N) is 2. The van der Waals surface area contributed by atoms with Crippen molar-refractivity contribution in [2.75, 3.05) is 5.32 Å². The van der Waals surface area contributed by atoms with E-state index in [1.165, 1.54) is 10.6 Å². The molecule has 3 rings (SSSR count). The van der Waals surface area contributed by atoms with Gasteiger partial charge in [-0.15, -0.1) is 0 Å². The van der Waals surface area contributed by atoms with E-state index in [0.29, 0.717) is 34.0 Å². The van der Waals surface area contributed by atoms with E-state index in [1.807, 2.05) is 12.1 Å². The molecule has 0 atom stereocenters. The maximum atomic E-state index is 11.8. The van der Waals surface area contributed by atoms with Crippen molar-refractivity contribution < 1.29 is 0 Å². The molecule has 1 aromatic carbocycles. The highest BCUT2D eigenvalue weighted by Gasteiger charge is 2.08.